The van der Waals surface area contributed by atoms with Crippen LogP contribution in [-0.4, -0.2) is 22.3 Å². The number of carbonyl (C=O) groups is 1. The molecule has 20 heavy (non-hydrogen) atoms. The molecule has 1 amide bonds. The van der Waals surface area contributed by atoms with Gasteiger partial charge in [0.15, 0.2) is 0 Å². The lowest BCUT2D eigenvalue weighted by Gasteiger charge is -2.28. The third kappa shape index (κ3) is 2.41. The Balaban J connectivity index is 1.84. The van der Waals surface area contributed by atoms with Crippen LogP contribution in [0.15, 0.2) is 41.0 Å². The summed E-state index contributed by atoms with van der Waals surface area (Å²) in [6.45, 7) is 1.31. The van der Waals surface area contributed by atoms with Gasteiger partial charge in [-0.2, -0.15) is 0 Å². The van der Waals surface area contributed by atoms with Crippen molar-refractivity contribution < 1.29 is 4.79 Å². The Kier molecular flexibility index (Phi) is 3.44. The number of halogens is 1. The Labute approximate surface area is 125 Å². The second-order valence-electron chi connectivity index (χ2n) is 4.82. The summed E-state index contributed by atoms with van der Waals surface area (Å²) in [5, 5.41) is 0. The number of amides is 1. The zero-order valence-electron chi connectivity index (χ0n) is 10.8. The average Bonchev–Trinajstić information content (AvgIpc) is 2.49. The Bertz CT molecular complexity index is 672. The lowest BCUT2D eigenvalue weighted by atomic mass is 10.0. The molecule has 1 aromatic carbocycles. The van der Waals surface area contributed by atoms with Gasteiger partial charge in [0.25, 0.3) is 5.91 Å². The van der Waals surface area contributed by atoms with E-state index in [0.717, 1.165) is 22.2 Å². The van der Waals surface area contributed by atoms with Crippen molar-refractivity contribution in [2.75, 3.05) is 12.3 Å². The fourth-order valence-corrected chi connectivity index (χ4v) is 2.76. The first-order valence-electron chi connectivity index (χ1n) is 6.42. The zero-order valence-corrected chi connectivity index (χ0v) is 12.4. The van der Waals surface area contributed by atoms with Crippen LogP contribution in [0.25, 0.3) is 0 Å². The molecule has 4 nitrogen and oxygen atoms in total. The van der Waals surface area contributed by atoms with E-state index in [4.69, 9.17) is 5.73 Å². The van der Waals surface area contributed by atoms with Gasteiger partial charge in [0.2, 0.25) is 0 Å². The average molecular weight is 332 g/mol. The summed E-state index contributed by atoms with van der Waals surface area (Å²) in [6.07, 6.45) is 2.60. The molecule has 0 atom stereocenters. The standard InChI is InChI=1S/C15H14BrN3O/c16-12-8-10(3-4-13(12)17)15(20)19-7-5-14-11(9-19)2-1-6-18-14/h1-4,6,8H,5,7,9,17H2. The maximum atomic E-state index is 12.5. The maximum Gasteiger partial charge on any atom is 0.254 e. The summed E-state index contributed by atoms with van der Waals surface area (Å²) in [7, 11) is 0. The molecule has 0 saturated heterocycles. The van der Waals surface area contributed by atoms with Crippen molar-refractivity contribution in [3.8, 4) is 0 Å². The van der Waals surface area contributed by atoms with E-state index in [9.17, 15) is 4.79 Å². The number of nitrogens with two attached hydrogens (primary N) is 1. The molecular formula is C15H14BrN3O. The van der Waals surface area contributed by atoms with E-state index < -0.39 is 0 Å². The second kappa shape index (κ2) is 5.25. The SMILES string of the molecule is Nc1ccc(C(=O)N2CCc3ncccc3C2)cc1Br. The van der Waals surface area contributed by atoms with Gasteiger partial charge in [-0.3, -0.25) is 9.78 Å². The number of nitrogen functional groups attached to an aromatic ring is 1. The number of fused-ring (bicyclic) bond motifs is 1. The van der Waals surface area contributed by atoms with Gasteiger partial charge in [-0.05, 0) is 45.8 Å². The van der Waals surface area contributed by atoms with Gasteiger partial charge in [-0.25, -0.2) is 0 Å². The van der Waals surface area contributed by atoms with E-state index in [2.05, 4.69) is 20.9 Å². The Morgan fingerprint density at radius 3 is 3.00 bits per heavy atom. The van der Waals surface area contributed by atoms with Crippen LogP contribution < -0.4 is 5.73 Å². The molecule has 3 rings (SSSR count). The van der Waals surface area contributed by atoms with Crippen molar-refractivity contribution in [3.63, 3.8) is 0 Å². The number of anilines is 1. The Morgan fingerprint density at radius 2 is 2.20 bits per heavy atom. The first-order valence-corrected chi connectivity index (χ1v) is 7.21. The number of hydrogen-bond donors (Lipinski definition) is 1. The van der Waals surface area contributed by atoms with Gasteiger partial charge >= 0.3 is 0 Å². The van der Waals surface area contributed by atoms with E-state index in [1.165, 1.54) is 0 Å². The quantitative estimate of drug-likeness (QED) is 0.817. The van der Waals surface area contributed by atoms with Crippen LogP contribution in [0.4, 0.5) is 5.69 Å². The van der Waals surface area contributed by atoms with Crippen molar-refractivity contribution in [3.05, 3.63) is 57.8 Å². The lowest BCUT2D eigenvalue weighted by Crippen LogP contribution is -2.36. The van der Waals surface area contributed by atoms with Gasteiger partial charge in [-0.1, -0.05) is 6.07 Å². The van der Waals surface area contributed by atoms with E-state index in [0.29, 0.717) is 24.3 Å². The predicted octanol–water partition coefficient (Wildman–Crippen LogP) is 2.62. The van der Waals surface area contributed by atoms with Crippen LogP contribution in [0.1, 0.15) is 21.6 Å². The van der Waals surface area contributed by atoms with Crippen molar-refractivity contribution >= 4 is 27.5 Å². The molecule has 0 aliphatic carbocycles. The fourth-order valence-electron chi connectivity index (χ4n) is 2.38. The van der Waals surface area contributed by atoms with Crippen LogP contribution in [0.3, 0.4) is 0 Å². The normalized spacial score (nSPS) is 13.9. The van der Waals surface area contributed by atoms with Crippen molar-refractivity contribution in [2.45, 2.75) is 13.0 Å². The van der Waals surface area contributed by atoms with Crippen LogP contribution in [0.2, 0.25) is 0 Å². The molecule has 102 valence electrons. The van der Waals surface area contributed by atoms with E-state index in [-0.39, 0.29) is 5.91 Å². The van der Waals surface area contributed by atoms with Gasteiger partial charge in [-0.15, -0.1) is 0 Å². The number of nitrogens with zero attached hydrogens (tertiary/aromatic N) is 2. The molecule has 1 aliphatic heterocycles. The highest BCUT2D eigenvalue weighted by Gasteiger charge is 2.22. The third-order valence-corrected chi connectivity index (χ3v) is 4.19. The van der Waals surface area contributed by atoms with E-state index in [1.807, 2.05) is 17.0 Å². The highest BCUT2D eigenvalue weighted by atomic mass is 79.9. The summed E-state index contributed by atoms with van der Waals surface area (Å²) in [5.41, 5.74) is 9.25. The summed E-state index contributed by atoms with van der Waals surface area (Å²) >= 11 is 3.36. The topological polar surface area (TPSA) is 59.2 Å². The highest BCUT2D eigenvalue weighted by molar-refractivity contribution is 9.10. The number of benzene rings is 1. The van der Waals surface area contributed by atoms with Crippen LogP contribution in [-0.2, 0) is 13.0 Å². The monoisotopic (exact) mass is 331 g/mol. The minimum absolute atomic E-state index is 0.0280. The van der Waals surface area contributed by atoms with Gasteiger partial charge in [0, 0.05) is 47.1 Å². The molecular weight excluding hydrogens is 318 g/mol. The first-order chi connectivity index (χ1) is 9.65. The molecule has 0 radical (unpaired) electrons. The van der Waals surface area contributed by atoms with Crippen LogP contribution in [0, 0.1) is 0 Å². The Morgan fingerprint density at radius 1 is 1.35 bits per heavy atom. The van der Waals surface area contributed by atoms with Crippen LogP contribution in [0.5, 0.6) is 0 Å². The summed E-state index contributed by atoms with van der Waals surface area (Å²) in [6, 6.07) is 9.22. The maximum absolute atomic E-state index is 12.5. The van der Waals surface area contributed by atoms with E-state index >= 15 is 0 Å². The summed E-state index contributed by atoms with van der Waals surface area (Å²) < 4.78 is 0.752. The van der Waals surface area contributed by atoms with Crippen molar-refractivity contribution in [2.24, 2.45) is 0 Å². The highest BCUT2D eigenvalue weighted by Crippen LogP contribution is 2.23. The van der Waals surface area contributed by atoms with Crippen molar-refractivity contribution in [1.29, 1.82) is 0 Å². The molecule has 0 fully saturated rings. The molecule has 1 aromatic heterocycles. The number of carbonyl (C=O) groups excluding carboxylic acids is 1. The number of hydrogen-bond acceptors (Lipinski definition) is 3. The smallest absolute Gasteiger partial charge is 0.254 e. The molecule has 5 heteroatoms. The van der Waals surface area contributed by atoms with Crippen molar-refractivity contribution in [1.82, 2.24) is 9.88 Å². The van der Waals surface area contributed by atoms with Gasteiger partial charge < -0.3 is 10.6 Å². The summed E-state index contributed by atoms with van der Waals surface area (Å²) in [5.74, 6) is 0.0280. The summed E-state index contributed by atoms with van der Waals surface area (Å²) in [4.78, 5) is 18.7. The van der Waals surface area contributed by atoms with E-state index in [1.54, 1.807) is 24.4 Å². The first kappa shape index (κ1) is 13.1. The molecule has 0 unspecified atom stereocenters. The minimum Gasteiger partial charge on any atom is -0.398 e. The number of aromatic nitrogens is 1. The Hall–Kier alpha value is -1.88. The molecule has 0 bridgehead atoms. The van der Waals surface area contributed by atoms with Gasteiger partial charge in [0.05, 0.1) is 0 Å². The second-order valence-corrected chi connectivity index (χ2v) is 5.68. The number of pyridine rings is 1. The molecule has 2 aromatic rings. The predicted molar refractivity (Wildman–Crippen MR) is 81.2 cm³/mol. The minimum atomic E-state index is 0.0280. The molecule has 0 spiro atoms. The largest absolute Gasteiger partial charge is 0.398 e. The third-order valence-electron chi connectivity index (χ3n) is 3.50. The molecule has 1 aliphatic rings. The molecule has 0 saturated carbocycles. The fraction of sp³-hybridized carbons (Fsp3) is 0.200. The lowest BCUT2D eigenvalue weighted by molar-refractivity contribution is 0.0733. The van der Waals surface area contributed by atoms with Gasteiger partial charge in [0.1, 0.15) is 0 Å². The number of rotatable bonds is 1. The zero-order chi connectivity index (χ0) is 14.1. The molecule has 2 heterocycles. The van der Waals surface area contributed by atoms with Crippen LogP contribution >= 0.6 is 15.9 Å². The molecule has 2 N–H and O–H groups in total.